The predicted molar refractivity (Wildman–Crippen MR) is 87.2 cm³/mol. The Kier molecular flexibility index (Phi) is 6.48. The van der Waals surface area contributed by atoms with Gasteiger partial charge < -0.3 is 5.32 Å². The smallest absolute Gasteiger partial charge is 0.211 e. The van der Waals surface area contributed by atoms with E-state index in [1.54, 1.807) is 0 Å². The minimum absolute atomic E-state index is 0.208. The van der Waals surface area contributed by atoms with Gasteiger partial charge in [-0.1, -0.05) is 23.7 Å². The van der Waals surface area contributed by atoms with E-state index in [1.165, 1.54) is 12.8 Å². The van der Waals surface area contributed by atoms with Gasteiger partial charge in [0.05, 0.1) is 5.75 Å². The molecular weight excluding hydrogens is 308 g/mol. The first kappa shape index (κ1) is 16.7. The molecule has 2 N–H and O–H groups in total. The van der Waals surface area contributed by atoms with Gasteiger partial charge in [-0.05, 0) is 56.3 Å². The lowest BCUT2D eigenvalue weighted by atomic mass is 10.2. The van der Waals surface area contributed by atoms with E-state index in [1.807, 2.05) is 24.3 Å². The Morgan fingerprint density at radius 1 is 1.10 bits per heavy atom. The molecule has 1 fully saturated rings. The van der Waals surface area contributed by atoms with Crippen LogP contribution in [0.2, 0.25) is 5.02 Å². The molecule has 0 saturated heterocycles. The zero-order valence-electron chi connectivity index (χ0n) is 12.1. The van der Waals surface area contributed by atoms with Gasteiger partial charge in [0.2, 0.25) is 10.0 Å². The minimum atomic E-state index is -3.15. The average molecular weight is 331 g/mol. The number of rotatable bonds is 10. The molecule has 0 atom stereocenters. The van der Waals surface area contributed by atoms with Crippen LogP contribution < -0.4 is 10.0 Å². The maximum Gasteiger partial charge on any atom is 0.211 e. The number of halogens is 1. The summed E-state index contributed by atoms with van der Waals surface area (Å²) in [5.74, 6) is 0.208. The molecule has 0 amide bonds. The molecule has 1 aromatic carbocycles. The van der Waals surface area contributed by atoms with Crippen molar-refractivity contribution in [2.75, 3.05) is 18.8 Å². The van der Waals surface area contributed by atoms with E-state index in [4.69, 9.17) is 11.6 Å². The van der Waals surface area contributed by atoms with Crippen LogP contribution in [0.15, 0.2) is 24.3 Å². The SMILES string of the molecule is O=S(=O)(CCCCNC1CC1)NCCc1ccc(Cl)cc1. The lowest BCUT2D eigenvalue weighted by Gasteiger charge is -2.07. The van der Waals surface area contributed by atoms with Crippen LogP contribution in [0.1, 0.15) is 31.2 Å². The molecule has 1 aliphatic rings. The predicted octanol–water partition coefficient (Wildman–Crippen LogP) is 2.33. The number of unbranched alkanes of at least 4 members (excludes halogenated alkanes) is 1. The standard InChI is InChI=1S/C15H23ClN2O2S/c16-14-5-3-13(4-6-14)9-11-18-21(19,20)12-2-1-10-17-15-7-8-15/h3-6,15,17-18H,1-2,7-12H2. The van der Waals surface area contributed by atoms with Gasteiger partial charge in [0.1, 0.15) is 0 Å². The Labute approximate surface area is 132 Å². The minimum Gasteiger partial charge on any atom is -0.314 e. The molecular formula is C15H23ClN2O2S. The summed E-state index contributed by atoms with van der Waals surface area (Å²) in [4.78, 5) is 0. The Morgan fingerprint density at radius 3 is 2.48 bits per heavy atom. The number of sulfonamides is 1. The van der Waals surface area contributed by atoms with E-state index >= 15 is 0 Å². The third kappa shape index (κ3) is 7.27. The molecule has 2 rings (SSSR count). The summed E-state index contributed by atoms with van der Waals surface area (Å²) in [7, 11) is -3.15. The molecule has 0 unspecified atom stereocenters. The Hall–Kier alpha value is -0.620. The van der Waals surface area contributed by atoms with Gasteiger partial charge in [0.15, 0.2) is 0 Å². The zero-order chi connectivity index (χ0) is 15.1. The maximum absolute atomic E-state index is 11.8. The highest BCUT2D eigenvalue weighted by atomic mass is 35.5. The van der Waals surface area contributed by atoms with Crippen molar-refractivity contribution in [2.24, 2.45) is 0 Å². The first-order valence-electron chi connectivity index (χ1n) is 7.50. The van der Waals surface area contributed by atoms with Crippen LogP contribution in [0.25, 0.3) is 0 Å². The molecule has 0 aromatic heterocycles. The van der Waals surface area contributed by atoms with Crippen LogP contribution >= 0.6 is 11.6 Å². The monoisotopic (exact) mass is 330 g/mol. The average Bonchev–Trinajstić information content (AvgIpc) is 3.24. The lowest BCUT2D eigenvalue weighted by molar-refractivity contribution is 0.573. The third-order valence-corrected chi connectivity index (χ3v) is 5.22. The molecule has 21 heavy (non-hydrogen) atoms. The van der Waals surface area contributed by atoms with Crippen molar-refractivity contribution >= 4 is 21.6 Å². The Balaban J connectivity index is 1.57. The van der Waals surface area contributed by atoms with Gasteiger partial charge in [0, 0.05) is 17.6 Å². The summed E-state index contributed by atoms with van der Waals surface area (Å²) in [5.41, 5.74) is 1.08. The molecule has 1 saturated carbocycles. The molecule has 0 bridgehead atoms. The van der Waals surface area contributed by atoms with Gasteiger partial charge in [-0.15, -0.1) is 0 Å². The van der Waals surface area contributed by atoms with Crippen LogP contribution in [0, 0.1) is 0 Å². The molecule has 6 heteroatoms. The molecule has 0 radical (unpaired) electrons. The van der Waals surface area contributed by atoms with Gasteiger partial charge in [-0.3, -0.25) is 0 Å². The van der Waals surface area contributed by atoms with Crippen molar-refractivity contribution in [3.05, 3.63) is 34.9 Å². The fourth-order valence-corrected chi connectivity index (χ4v) is 3.35. The highest BCUT2D eigenvalue weighted by Crippen LogP contribution is 2.18. The molecule has 0 heterocycles. The van der Waals surface area contributed by atoms with E-state index in [0.717, 1.165) is 18.5 Å². The summed E-state index contributed by atoms with van der Waals surface area (Å²) in [6, 6.07) is 8.16. The fraction of sp³-hybridized carbons (Fsp3) is 0.600. The van der Waals surface area contributed by atoms with Crippen LogP contribution in [0.5, 0.6) is 0 Å². The second-order valence-electron chi connectivity index (χ2n) is 5.53. The molecule has 0 spiro atoms. The van der Waals surface area contributed by atoms with Crippen molar-refractivity contribution < 1.29 is 8.42 Å². The van der Waals surface area contributed by atoms with Crippen LogP contribution in [0.4, 0.5) is 0 Å². The maximum atomic E-state index is 11.8. The van der Waals surface area contributed by atoms with Crippen LogP contribution in [0.3, 0.4) is 0 Å². The number of nitrogens with one attached hydrogen (secondary N) is 2. The highest BCUT2D eigenvalue weighted by molar-refractivity contribution is 7.89. The van der Waals surface area contributed by atoms with E-state index in [9.17, 15) is 8.42 Å². The molecule has 1 aromatic rings. The fourth-order valence-electron chi connectivity index (χ4n) is 2.08. The third-order valence-electron chi connectivity index (χ3n) is 3.50. The Morgan fingerprint density at radius 2 is 1.81 bits per heavy atom. The largest absolute Gasteiger partial charge is 0.314 e. The van der Waals surface area contributed by atoms with Crippen molar-refractivity contribution in [3.8, 4) is 0 Å². The summed E-state index contributed by atoms with van der Waals surface area (Å²) in [5, 5.41) is 4.08. The molecule has 0 aliphatic heterocycles. The van der Waals surface area contributed by atoms with Crippen LogP contribution in [-0.2, 0) is 16.4 Å². The van der Waals surface area contributed by atoms with E-state index < -0.39 is 10.0 Å². The summed E-state index contributed by atoms with van der Waals surface area (Å²) in [6.07, 6.45) is 4.83. The topological polar surface area (TPSA) is 58.2 Å². The van der Waals surface area contributed by atoms with E-state index in [0.29, 0.717) is 30.5 Å². The van der Waals surface area contributed by atoms with Gasteiger partial charge in [-0.25, -0.2) is 13.1 Å². The summed E-state index contributed by atoms with van der Waals surface area (Å²) < 4.78 is 26.3. The quantitative estimate of drug-likeness (QED) is 0.647. The van der Waals surface area contributed by atoms with E-state index in [-0.39, 0.29) is 5.75 Å². The number of benzene rings is 1. The number of hydrogen-bond donors (Lipinski definition) is 2. The van der Waals surface area contributed by atoms with E-state index in [2.05, 4.69) is 10.0 Å². The molecule has 1 aliphatic carbocycles. The van der Waals surface area contributed by atoms with Crippen molar-refractivity contribution in [1.29, 1.82) is 0 Å². The first-order valence-corrected chi connectivity index (χ1v) is 9.53. The van der Waals surface area contributed by atoms with Crippen LogP contribution in [-0.4, -0.2) is 33.3 Å². The lowest BCUT2D eigenvalue weighted by Crippen LogP contribution is -2.29. The number of hydrogen-bond acceptors (Lipinski definition) is 3. The van der Waals surface area contributed by atoms with Gasteiger partial charge in [0.25, 0.3) is 0 Å². The molecule has 4 nitrogen and oxygen atoms in total. The first-order chi connectivity index (χ1) is 10.1. The summed E-state index contributed by atoms with van der Waals surface area (Å²) in [6.45, 7) is 1.36. The van der Waals surface area contributed by atoms with Crippen molar-refractivity contribution in [1.82, 2.24) is 10.0 Å². The second-order valence-corrected chi connectivity index (χ2v) is 7.89. The van der Waals surface area contributed by atoms with Crippen molar-refractivity contribution in [2.45, 2.75) is 38.1 Å². The van der Waals surface area contributed by atoms with Gasteiger partial charge >= 0.3 is 0 Å². The normalized spacial score (nSPS) is 15.3. The second kappa shape index (κ2) is 8.13. The summed E-state index contributed by atoms with van der Waals surface area (Å²) >= 11 is 5.81. The van der Waals surface area contributed by atoms with Gasteiger partial charge in [-0.2, -0.15) is 0 Å². The molecule has 118 valence electrons. The highest BCUT2D eigenvalue weighted by Gasteiger charge is 2.19. The Bertz CT molecular complexity index is 527. The van der Waals surface area contributed by atoms with Crippen molar-refractivity contribution in [3.63, 3.8) is 0 Å². The zero-order valence-corrected chi connectivity index (χ0v) is 13.7.